The third-order valence-corrected chi connectivity index (χ3v) is 4.65. The molecule has 0 saturated heterocycles. The quantitative estimate of drug-likeness (QED) is 0.244. The third-order valence-electron chi connectivity index (χ3n) is 3.62. The molecule has 0 aliphatic carbocycles. The molecule has 9 heteroatoms. The number of fused-ring (bicyclic) bond motifs is 1. The molecule has 140 valence electrons. The van der Waals surface area contributed by atoms with Crippen LogP contribution < -0.4 is 10.6 Å². The number of rotatable bonds is 7. The molecule has 0 spiro atoms. The fraction of sp³-hybridized carbons (Fsp3) is 0.438. The van der Waals surface area contributed by atoms with Crippen molar-refractivity contribution >= 4 is 50.7 Å². The number of H-pyrrole nitrogens is 1. The molecule has 6 nitrogen and oxygen atoms in total. The minimum atomic E-state index is -2.93. The van der Waals surface area contributed by atoms with E-state index in [1.807, 2.05) is 6.20 Å². The summed E-state index contributed by atoms with van der Waals surface area (Å²) in [7, 11) is -1.26. The number of nitrogens with one attached hydrogen (secondary N) is 3. The fourth-order valence-electron chi connectivity index (χ4n) is 2.44. The average Bonchev–Trinajstić information content (AvgIpc) is 2.90. The highest BCUT2D eigenvalue weighted by molar-refractivity contribution is 14.0. The van der Waals surface area contributed by atoms with Crippen LogP contribution in [-0.4, -0.2) is 51.5 Å². The molecule has 25 heavy (non-hydrogen) atoms. The second kappa shape index (κ2) is 9.95. The van der Waals surface area contributed by atoms with Crippen molar-refractivity contribution in [1.29, 1.82) is 0 Å². The Morgan fingerprint density at radius 1 is 1.28 bits per heavy atom. The van der Waals surface area contributed by atoms with Gasteiger partial charge in [-0.2, -0.15) is 0 Å². The van der Waals surface area contributed by atoms with Crippen LogP contribution in [-0.2, 0) is 16.3 Å². The Labute approximate surface area is 164 Å². The van der Waals surface area contributed by atoms with Gasteiger partial charge in [0.1, 0.15) is 15.7 Å². The van der Waals surface area contributed by atoms with Gasteiger partial charge in [0.25, 0.3) is 0 Å². The molecule has 2 aromatic rings. The predicted molar refractivity (Wildman–Crippen MR) is 111 cm³/mol. The van der Waals surface area contributed by atoms with E-state index >= 15 is 0 Å². The highest BCUT2D eigenvalue weighted by Crippen LogP contribution is 2.19. The van der Waals surface area contributed by atoms with E-state index in [0.717, 1.165) is 22.9 Å². The maximum atomic E-state index is 13.2. The van der Waals surface area contributed by atoms with Crippen LogP contribution in [0.1, 0.15) is 12.0 Å². The smallest absolute Gasteiger partial charge is 0.190 e. The Morgan fingerprint density at radius 3 is 2.68 bits per heavy atom. The van der Waals surface area contributed by atoms with Gasteiger partial charge in [0, 0.05) is 43.5 Å². The maximum absolute atomic E-state index is 13.2. The van der Waals surface area contributed by atoms with Crippen LogP contribution in [0.4, 0.5) is 4.39 Å². The van der Waals surface area contributed by atoms with Crippen molar-refractivity contribution in [2.75, 3.05) is 32.1 Å². The number of aromatic nitrogens is 1. The van der Waals surface area contributed by atoms with Crippen molar-refractivity contribution in [3.63, 3.8) is 0 Å². The van der Waals surface area contributed by atoms with Gasteiger partial charge >= 0.3 is 0 Å². The maximum Gasteiger partial charge on any atom is 0.190 e. The molecule has 0 atom stereocenters. The highest BCUT2D eigenvalue weighted by Gasteiger charge is 2.06. The van der Waals surface area contributed by atoms with Crippen molar-refractivity contribution < 1.29 is 12.8 Å². The Balaban J connectivity index is 0.00000312. The molecule has 2 rings (SSSR count). The lowest BCUT2D eigenvalue weighted by atomic mass is 10.1. The van der Waals surface area contributed by atoms with Gasteiger partial charge in [-0.15, -0.1) is 24.0 Å². The molecule has 1 aromatic carbocycles. The zero-order valence-corrected chi connectivity index (χ0v) is 17.4. The van der Waals surface area contributed by atoms with Crippen LogP contribution in [0.15, 0.2) is 29.4 Å². The monoisotopic (exact) mass is 482 g/mol. The summed E-state index contributed by atoms with van der Waals surface area (Å²) >= 11 is 0. The second-order valence-corrected chi connectivity index (χ2v) is 7.92. The number of hydrogen-bond donors (Lipinski definition) is 3. The average molecular weight is 482 g/mol. The minimum absolute atomic E-state index is 0. The van der Waals surface area contributed by atoms with Crippen LogP contribution in [0.5, 0.6) is 0 Å². The topological polar surface area (TPSA) is 86.3 Å². The number of benzene rings is 1. The minimum Gasteiger partial charge on any atom is -0.361 e. The lowest BCUT2D eigenvalue weighted by Gasteiger charge is -2.11. The number of halogens is 2. The lowest BCUT2D eigenvalue weighted by molar-refractivity contribution is 0.598. The fourth-order valence-corrected chi connectivity index (χ4v) is 3.11. The number of sulfone groups is 1. The van der Waals surface area contributed by atoms with Gasteiger partial charge in [0.2, 0.25) is 0 Å². The van der Waals surface area contributed by atoms with E-state index in [2.05, 4.69) is 20.6 Å². The number of nitrogens with zero attached hydrogens (tertiary/aromatic N) is 1. The van der Waals surface area contributed by atoms with Crippen molar-refractivity contribution in [1.82, 2.24) is 15.6 Å². The third kappa shape index (κ3) is 7.18. The normalized spacial score (nSPS) is 12.0. The molecule has 1 heterocycles. The van der Waals surface area contributed by atoms with Crippen molar-refractivity contribution in [2.45, 2.75) is 12.8 Å². The number of hydrogen-bond acceptors (Lipinski definition) is 3. The van der Waals surface area contributed by atoms with Crippen LogP contribution in [0.25, 0.3) is 10.9 Å². The molecule has 0 unspecified atom stereocenters. The van der Waals surface area contributed by atoms with Gasteiger partial charge < -0.3 is 15.6 Å². The number of aromatic amines is 1. The molecule has 3 N–H and O–H groups in total. The van der Waals surface area contributed by atoms with Crippen molar-refractivity contribution in [3.05, 3.63) is 35.8 Å². The first-order valence-electron chi connectivity index (χ1n) is 7.77. The molecule has 0 radical (unpaired) electrons. The summed E-state index contributed by atoms with van der Waals surface area (Å²) in [6, 6.07) is 4.71. The van der Waals surface area contributed by atoms with Gasteiger partial charge in [0.15, 0.2) is 5.96 Å². The number of guanidine groups is 1. The molecule has 0 aliphatic heterocycles. The molecule has 0 amide bonds. The lowest BCUT2D eigenvalue weighted by Crippen LogP contribution is -2.39. The van der Waals surface area contributed by atoms with Gasteiger partial charge in [-0.05, 0) is 36.6 Å². The van der Waals surface area contributed by atoms with E-state index in [9.17, 15) is 12.8 Å². The van der Waals surface area contributed by atoms with Crippen molar-refractivity contribution in [3.8, 4) is 0 Å². The largest absolute Gasteiger partial charge is 0.361 e. The number of aliphatic imine (C=N–C) groups is 1. The Morgan fingerprint density at radius 2 is 2.00 bits per heavy atom. The standard InChI is InChI=1S/C16H23FN4O2S.HI/c1-18-16(19-7-3-9-24(2,22)23)20-8-6-12-11-21-15-10-13(17)4-5-14(12)15;/h4-5,10-11,21H,3,6-9H2,1-2H3,(H2,18,19,20);1H. The Kier molecular flexibility index (Phi) is 8.63. The van der Waals surface area contributed by atoms with E-state index in [1.165, 1.54) is 18.4 Å². The molecule has 0 saturated carbocycles. The molecular weight excluding hydrogens is 458 g/mol. The SMILES string of the molecule is CN=C(NCCCS(C)(=O)=O)NCCc1c[nH]c2cc(F)ccc12.I. The van der Waals surface area contributed by atoms with Crippen LogP contribution >= 0.6 is 24.0 Å². The van der Waals surface area contributed by atoms with E-state index in [0.29, 0.717) is 25.5 Å². The predicted octanol–water partition coefficient (Wildman–Crippen LogP) is 2.07. The molecular formula is C16H24FIN4O2S. The zero-order chi connectivity index (χ0) is 17.6. The first-order chi connectivity index (χ1) is 11.4. The molecule has 0 bridgehead atoms. The summed E-state index contributed by atoms with van der Waals surface area (Å²) in [6.45, 7) is 1.20. The van der Waals surface area contributed by atoms with E-state index < -0.39 is 9.84 Å². The summed E-state index contributed by atoms with van der Waals surface area (Å²) in [5.74, 6) is 0.533. The van der Waals surface area contributed by atoms with Gasteiger partial charge in [-0.25, -0.2) is 12.8 Å². The first-order valence-corrected chi connectivity index (χ1v) is 9.83. The van der Waals surface area contributed by atoms with E-state index in [4.69, 9.17) is 0 Å². The summed E-state index contributed by atoms with van der Waals surface area (Å²) in [6.07, 6.45) is 4.41. The second-order valence-electron chi connectivity index (χ2n) is 5.66. The first kappa shape index (κ1) is 21.7. The Hall–Kier alpha value is -1.36. The van der Waals surface area contributed by atoms with E-state index in [1.54, 1.807) is 13.1 Å². The van der Waals surface area contributed by atoms with Gasteiger partial charge in [-0.1, -0.05) is 0 Å². The van der Waals surface area contributed by atoms with E-state index in [-0.39, 0.29) is 35.5 Å². The van der Waals surface area contributed by atoms with Crippen LogP contribution in [0.3, 0.4) is 0 Å². The Bertz CT molecular complexity index is 821. The highest BCUT2D eigenvalue weighted by atomic mass is 127. The van der Waals surface area contributed by atoms with Crippen LogP contribution in [0.2, 0.25) is 0 Å². The van der Waals surface area contributed by atoms with Crippen LogP contribution in [0, 0.1) is 5.82 Å². The zero-order valence-electron chi connectivity index (χ0n) is 14.3. The summed E-state index contributed by atoms with van der Waals surface area (Å²) < 4.78 is 35.3. The van der Waals surface area contributed by atoms with Crippen molar-refractivity contribution in [2.24, 2.45) is 4.99 Å². The molecule has 0 aliphatic rings. The van der Waals surface area contributed by atoms with Gasteiger partial charge in [-0.3, -0.25) is 4.99 Å². The molecule has 1 aromatic heterocycles. The van der Waals surface area contributed by atoms with Gasteiger partial charge in [0.05, 0.1) is 5.75 Å². The molecule has 0 fully saturated rings. The summed E-state index contributed by atoms with van der Waals surface area (Å²) in [5, 5.41) is 7.28. The summed E-state index contributed by atoms with van der Waals surface area (Å²) in [4.78, 5) is 7.17. The summed E-state index contributed by atoms with van der Waals surface area (Å²) in [5.41, 5.74) is 1.89.